The number of ether oxygens (including phenoxy) is 1. The highest BCUT2D eigenvalue weighted by Crippen LogP contribution is 2.25. The van der Waals surface area contributed by atoms with Gasteiger partial charge in [-0.25, -0.2) is 0 Å². The maximum absolute atomic E-state index is 12.5. The average Bonchev–Trinajstić information content (AvgIpc) is 2.72. The van der Waals surface area contributed by atoms with Crippen molar-refractivity contribution in [3.05, 3.63) is 87.4 Å². The molecule has 30 heavy (non-hydrogen) atoms. The SMILES string of the molecule is Cc1ccc(C)c(NC(=O)c2ccc(OCC(=O)Nc3ccc(Cl)c(Cl)c3)cc2)c1. The van der Waals surface area contributed by atoms with Gasteiger partial charge >= 0.3 is 0 Å². The van der Waals surface area contributed by atoms with Crippen LogP contribution >= 0.6 is 23.2 Å². The van der Waals surface area contributed by atoms with Crippen molar-refractivity contribution in [1.29, 1.82) is 0 Å². The normalized spacial score (nSPS) is 10.4. The van der Waals surface area contributed by atoms with Crippen molar-refractivity contribution in [3.63, 3.8) is 0 Å². The van der Waals surface area contributed by atoms with E-state index in [9.17, 15) is 9.59 Å². The van der Waals surface area contributed by atoms with Gasteiger partial charge in [0.25, 0.3) is 11.8 Å². The van der Waals surface area contributed by atoms with Gasteiger partial charge in [-0.05, 0) is 73.5 Å². The Morgan fingerprint density at radius 3 is 2.30 bits per heavy atom. The molecule has 0 aliphatic heterocycles. The number of carbonyl (C=O) groups excluding carboxylic acids is 2. The highest BCUT2D eigenvalue weighted by Gasteiger charge is 2.10. The van der Waals surface area contributed by atoms with E-state index in [-0.39, 0.29) is 18.4 Å². The van der Waals surface area contributed by atoms with E-state index in [1.807, 2.05) is 32.0 Å². The molecule has 0 saturated carbocycles. The Hall–Kier alpha value is -3.02. The van der Waals surface area contributed by atoms with Gasteiger partial charge in [-0.3, -0.25) is 9.59 Å². The molecule has 7 heteroatoms. The molecular formula is C23H20Cl2N2O3. The number of anilines is 2. The van der Waals surface area contributed by atoms with Crippen LogP contribution in [0.4, 0.5) is 11.4 Å². The summed E-state index contributed by atoms with van der Waals surface area (Å²) in [6.45, 7) is 3.72. The van der Waals surface area contributed by atoms with Gasteiger partial charge < -0.3 is 15.4 Å². The van der Waals surface area contributed by atoms with Crippen LogP contribution in [0.1, 0.15) is 21.5 Å². The molecular weight excluding hydrogens is 423 g/mol. The average molecular weight is 443 g/mol. The molecule has 0 bridgehead atoms. The van der Waals surface area contributed by atoms with Crippen molar-refractivity contribution < 1.29 is 14.3 Å². The summed E-state index contributed by atoms with van der Waals surface area (Å²) >= 11 is 11.8. The predicted octanol–water partition coefficient (Wildman–Crippen LogP) is 5.88. The third-order valence-corrected chi connectivity index (χ3v) is 5.07. The van der Waals surface area contributed by atoms with Crippen molar-refractivity contribution in [2.75, 3.05) is 17.2 Å². The number of aryl methyl sites for hydroxylation is 2. The molecule has 154 valence electrons. The highest BCUT2D eigenvalue weighted by atomic mass is 35.5. The first-order chi connectivity index (χ1) is 14.3. The number of benzene rings is 3. The van der Waals surface area contributed by atoms with E-state index >= 15 is 0 Å². The molecule has 0 aliphatic rings. The Morgan fingerprint density at radius 2 is 1.60 bits per heavy atom. The van der Waals surface area contributed by atoms with Crippen LogP contribution in [0.2, 0.25) is 10.0 Å². The maximum atomic E-state index is 12.5. The summed E-state index contributed by atoms with van der Waals surface area (Å²) in [4.78, 5) is 24.5. The second kappa shape index (κ2) is 9.65. The molecule has 3 aromatic carbocycles. The van der Waals surface area contributed by atoms with Crippen LogP contribution in [0.15, 0.2) is 60.7 Å². The van der Waals surface area contributed by atoms with Crippen LogP contribution in [0.5, 0.6) is 5.75 Å². The zero-order valence-electron chi connectivity index (χ0n) is 16.5. The number of hydrogen-bond acceptors (Lipinski definition) is 3. The number of carbonyl (C=O) groups is 2. The Labute approximate surface area is 185 Å². The minimum Gasteiger partial charge on any atom is -0.484 e. The molecule has 0 heterocycles. The largest absolute Gasteiger partial charge is 0.484 e. The van der Waals surface area contributed by atoms with Gasteiger partial charge in [0.15, 0.2) is 6.61 Å². The number of nitrogens with one attached hydrogen (secondary N) is 2. The molecule has 5 nitrogen and oxygen atoms in total. The van der Waals surface area contributed by atoms with E-state index in [2.05, 4.69) is 10.6 Å². The summed E-state index contributed by atoms with van der Waals surface area (Å²) in [5.74, 6) is -0.0830. The topological polar surface area (TPSA) is 67.4 Å². The Bertz CT molecular complexity index is 1080. The predicted molar refractivity (Wildman–Crippen MR) is 121 cm³/mol. The van der Waals surface area contributed by atoms with Crippen LogP contribution in [-0.2, 0) is 4.79 Å². The monoisotopic (exact) mass is 442 g/mol. The Kier molecular flexibility index (Phi) is 6.98. The van der Waals surface area contributed by atoms with Gasteiger partial charge in [-0.2, -0.15) is 0 Å². The van der Waals surface area contributed by atoms with Crippen LogP contribution in [0, 0.1) is 13.8 Å². The minimum absolute atomic E-state index is 0.186. The maximum Gasteiger partial charge on any atom is 0.262 e. The third kappa shape index (κ3) is 5.75. The first-order valence-corrected chi connectivity index (χ1v) is 9.94. The van der Waals surface area contributed by atoms with Gasteiger partial charge in [-0.15, -0.1) is 0 Å². The zero-order valence-corrected chi connectivity index (χ0v) is 18.0. The lowest BCUT2D eigenvalue weighted by Gasteiger charge is -2.11. The van der Waals surface area contributed by atoms with Crippen molar-refractivity contribution >= 4 is 46.4 Å². The van der Waals surface area contributed by atoms with E-state index in [0.717, 1.165) is 16.8 Å². The van der Waals surface area contributed by atoms with Crippen molar-refractivity contribution in [1.82, 2.24) is 0 Å². The fourth-order valence-corrected chi connectivity index (χ4v) is 2.99. The van der Waals surface area contributed by atoms with E-state index in [1.165, 1.54) is 0 Å². The number of rotatable bonds is 6. The van der Waals surface area contributed by atoms with E-state index < -0.39 is 0 Å². The standard InChI is InChI=1S/C23H20Cl2N2O3/c1-14-3-4-15(2)21(11-14)27-23(29)16-5-8-18(9-6-16)30-13-22(28)26-17-7-10-19(24)20(25)12-17/h3-12H,13H2,1-2H3,(H,26,28)(H,27,29). The quantitative estimate of drug-likeness (QED) is 0.500. The van der Waals surface area contributed by atoms with E-state index in [4.69, 9.17) is 27.9 Å². The van der Waals surface area contributed by atoms with Gasteiger partial charge in [0.05, 0.1) is 10.0 Å². The Balaban J connectivity index is 1.54. The molecule has 0 unspecified atom stereocenters. The Morgan fingerprint density at radius 1 is 0.867 bits per heavy atom. The lowest BCUT2D eigenvalue weighted by atomic mass is 10.1. The molecule has 0 aromatic heterocycles. The zero-order chi connectivity index (χ0) is 21.7. The summed E-state index contributed by atoms with van der Waals surface area (Å²) in [6.07, 6.45) is 0. The summed E-state index contributed by atoms with van der Waals surface area (Å²) in [6, 6.07) is 17.3. The smallest absolute Gasteiger partial charge is 0.262 e. The van der Waals surface area contributed by atoms with Crippen LogP contribution in [-0.4, -0.2) is 18.4 Å². The second-order valence-corrected chi connectivity index (χ2v) is 7.58. The lowest BCUT2D eigenvalue weighted by molar-refractivity contribution is -0.118. The van der Waals surface area contributed by atoms with Gasteiger partial charge in [0.1, 0.15) is 5.75 Å². The van der Waals surface area contributed by atoms with Crippen molar-refractivity contribution in [2.24, 2.45) is 0 Å². The second-order valence-electron chi connectivity index (χ2n) is 6.76. The van der Waals surface area contributed by atoms with Gasteiger partial charge in [0, 0.05) is 16.9 Å². The van der Waals surface area contributed by atoms with Crippen LogP contribution in [0.25, 0.3) is 0 Å². The van der Waals surface area contributed by atoms with Crippen molar-refractivity contribution in [2.45, 2.75) is 13.8 Å². The first-order valence-electron chi connectivity index (χ1n) is 9.18. The molecule has 3 rings (SSSR count). The van der Waals surface area contributed by atoms with Crippen molar-refractivity contribution in [3.8, 4) is 5.75 Å². The summed E-state index contributed by atoms with van der Waals surface area (Å²) in [7, 11) is 0. The fourth-order valence-electron chi connectivity index (χ4n) is 2.69. The van der Waals surface area contributed by atoms with Gasteiger partial charge in [-0.1, -0.05) is 35.3 Å². The molecule has 2 N–H and O–H groups in total. The third-order valence-electron chi connectivity index (χ3n) is 4.33. The first kappa shape index (κ1) is 21.7. The minimum atomic E-state index is -0.342. The molecule has 2 amide bonds. The molecule has 0 saturated heterocycles. The highest BCUT2D eigenvalue weighted by molar-refractivity contribution is 6.42. The van der Waals surface area contributed by atoms with E-state index in [0.29, 0.717) is 27.0 Å². The number of hydrogen-bond donors (Lipinski definition) is 2. The molecule has 0 fully saturated rings. The molecule has 0 atom stereocenters. The van der Waals surface area contributed by atoms with Crippen LogP contribution < -0.4 is 15.4 Å². The molecule has 0 aliphatic carbocycles. The summed E-state index contributed by atoms with van der Waals surface area (Å²) in [5.41, 5.74) is 3.85. The fraction of sp³-hybridized carbons (Fsp3) is 0.130. The number of halogens is 2. The molecule has 0 spiro atoms. The summed E-state index contributed by atoms with van der Waals surface area (Å²) in [5, 5.41) is 6.35. The number of amides is 2. The van der Waals surface area contributed by atoms with Crippen LogP contribution in [0.3, 0.4) is 0 Å². The molecule has 3 aromatic rings. The summed E-state index contributed by atoms with van der Waals surface area (Å²) < 4.78 is 5.48. The molecule has 0 radical (unpaired) electrons. The van der Waals surface area contributed by atoms with E-state index in [1.54, 1.807) is 42.5 Å². The van der Waals surface area contributed by atoms with Gasteiger partial charge in [0.2, 0.25) is 0 Å². The lowest BCUT2D eigenvalue weighted by Crippen LogP contribution is -2.20.